The van der Waals surface area contributed by atoms with Crippen LogP contribution in [0.25, 0.3) is 0 Å². The molecule has 3 heteroatoms. The molecule has 0 aromatic carbocycles. The molecule has 0 aromatic rings. The van der Waals surface area contributed by atoms with Gasteiger partial charge >= 0.3 is 0 Å². The minimum atomic E-state index is -0.153. The molecule has 0 saturated heterocycles. The maximum Gasteiger partial charge on any atom is 0.0988 e. The van der Waals surface area contributed by atoms with E-state index >= 15 is 0 Å². The molecule has 0 heterocycles. The van der Waals surface area contributed by atoms with Crippen LogP contribution in [-0.2, 0) is 0 Å². The number of allylic oxidation sites excluding steroid dienone is 1. The highest BCUT2D eigenvalue weighted by atomic mass is 16.3. The van der Waals surface area contributed by atoms with Crippen molar-refractivity contribution in [1.29, 1.82) is 0 Å². The molecule has 0 aliphatic heterocycles. The van der Waals surface area contributed by atoms with Gasteiger partial charge in [0, 0.05) is 6.54 Å². The zero-order valence-electron chi connectivity index (χ0n) is 24.3. The van der Waals surface area contributed by atoms with Gasteiger partial charge in [0.25, 0.3) is 0 Å². The van der Waals surface area contributed by atoms with Gasteiger partial charge in [0.05, 0.1) is 18.4 Å². The van der Waals surface area contributed by atoms with Gasteiger partial charge < -0.3 is 15.5 Å². The number of nitrogens with one attached hydrogen (secondary N) is 1. The third-order valence-electron chi connectivity index (χ3n) is 14.0. The Bertz CT molecular complexity index is 909. The van der Waals surface area contributed by atoms with Crippen molar-refractivity contribution in [3.05, 3.63) is 24.5 Å². The molecule has 0 bridgehead atoms. The van der Waals surface area contributed by atoms with Crippen LogP contribution in [-0.4, -0.2) is 29.4 Å². The summed E-state index contributed by atoms with van der Waals surface area (Å²) >= 11 is 0. The fourth-order valence-electron chi connectivity index (χ4n) is 12.0. The van der Waals surface area contributed by atoms with Crippen molar-refractivity contribution >= 4 is 0 Å². The number of rotatable bonds is 5. The second kappa shape index (κ2) is 8.60. The molecule has 5 rings (SSSR count). The summed E-state index contributed by atoms with van der Waals surface area (Å²) < 4.78 is 0. The van der Waals surface area contributed by atoms with Crippen LogP contribution in [0.2, 0.25) is 0 Å². The molecular weight excluding hydrogens is 442 g/mol. The average molecular weight is 498 g/mol. The highest BCUT2D eigenvalue weighted by molar-refractivity contribution is 5.21. The first-order chi connectivity index (χ1) is 16.7. The van der Waals surface area contributed by atoms with Gasteiger partial charge in [0.2, 0.25) is 0 Å². The summed E-state index contributed by atoms with van der Waals surface area (Å²) in [6.45, 7) is 24.8. The van der Waals surface area contributed by atoms with Gasteiger partial charge in [-0.3, -0.25) is 0 Å². The lowest BCUT2D eigenvalue weighted by Gasteiger charge is -2.73. The first-order valence-corrected chi connectivity index (χ1v) is 15.1. The predicted molar refractivity (Wildman–Crippen MR) is 150 cm³/mol. The van der Waals surface area contributed by atoms with Crippen LogP contribution in [0.4, 0.5) is 0 Å². The monoisotopic (exact) mass is 497 g/mol. The lowest BCUT2D eigenvalue weighted by atomic mass is 9.32. The second-order valence-electron chi connectivity index (χ2n) is 15.6. The Morgan fingerprint density at radius 2 is 1.56 bits per heavy atom. The highest BCUT2D eigenvalue weighted by Crippen LogP contribution is 2.77. The van der Waals surface area contributed by atoms with E-state index in [0.29, 0.717) is 46.0 Å². The van der Waals surface area contributed by atoms with E-state index in [4.69, 9.17) is 0 Å². The van der Waals surface area contributed by atoms with Gasteiger partial charge in [0.1, 0.15) is 0 Å². The van der Waals surface area contributed by atoms with E-state index < -0.39 is 0 Å². The first-order valence-electron chi connectivity index (χ1n) is 15.1. The molecular formula is C33H55NO2. The number of hydrogen-bond acceptors (Lipinski definition) is 3. The largest absolute Gasteiger partial charge is 0.512 e. The average Bonchev–Trinajstić information content (AvgIpc) is 3.17. The fourth-order valence-corrected chi connectivity index (χ4v) is 12.0. The van der Waals surface area contributed by atoms with E-state index in [-0.39, 0.29) is 17.3 Å². The van der Waals surface area contributed by atoms with Gasteiger partial charge in [-0.05, 0) is 128 Å². The molecule has 0 amide bonds. The van der Waals surface area contributed by atoms with Crippen LogP contribution in [0.5, 0.6) is 0 Å². The molecule has 5 aliphatic rings. The Morgan fingerprint density at radius 3 is 2.22 bits per heavy atom. The quantitative estimate of drug-likeness (QED) is 0.270. The third-order valence-corrected chi connectivity index (χ3v) is 14.0. The molecule has 3 N–H and O–H groups in total. The highest BCUT2D eigenvalue weighted by Gasteiger charge is 2.70. The van der Waals surface area contributed by atoms with Crippen molar-refractivity contribution in [3.8, 4) is 0 Å². The second-order valence-corrected chi connectivity index (χ2v) is 15.6. The summed E-state index contributed by atoms with van der Waals surface area (Å²) in [5.74, 6) is 3.70. The normalized spacial score (nSPS) is 51.4. The van der Waals surface area contributed by atoms with Crippen LogP contribution in [0.15, 0.2) is 24.5 Å². The Kier molecular flexibility index (Phi) is 6.40. The van der Waals surface area contributed by atoms with Gasteiger partial charge in [-0.15, -0.1) is 0 Å². The SMILES string of the molecule is C=C(O)CNC[C@]12CC[C@@H](C(=C)C)[C@@H]1[C@H]1CC[C@@H]3[C@@]4(C)CC[C@H](O)C(C)(C)[C@@H]4CC[C@@]3(C)[C@]1(C)CC2. The fraction of sp³-hybridized carbons (Fsp3) is 0.879. The predicted octanol–water partition coefficient (Wildman–Crippen LogP) is 7.67. The standard InChI is InChI=1S/C33H55NO2/c1-21(2)23-11-16-33(20-34-19-22(3)35)18-17-31(7)24(28(23)33)9-10-26-30(6)14-13-27(36)29(4,5)25(30)12-15-32(26,31)8/h23-28,34-36H,1,3,9-20H2,2,4-8H3/t23-,24+,25-,26+,27-,28+,30-,31+,32+,33+/m0/s1. The lowest BCUT2D eigenvalue weighted by Crippen LogP contribution is -2.67. The Balaban J connectivity index is 1.50. The van der Waals surface area contributed by atoms with Crippen molar-refractivity contribution in [3.63, 3.8) is 0 Å². The van der Waals surface area contributed by atoms with Gasteiger partial charge in [0.15, 0.2) is 0 Å². The number of hydrogen-bond donors (Lipinski definition) is 3. The van der Waals surface area contributed by atoms with Crippen LogP contribution >= 0.6 is 0 Å². The van der Waals surface area contributed by atoms with Gasteiger partial charge in [-0.25, -0.2) is 0 Å². The maximum atomic E-state index is 11.0. The van der Waals surface area contributed by atoms with E-state index in [1.807, 2.05) is 0 Å². The topological polar surface area (TPSA) is 52.5 Å². The zero-order valence-corrected chi connectivity index (χ0v) is 24.3. The van der Waals surface area contributed by atoms with E-state index in [0.717, 1.165) is 24.8 Å². The molecule has 0 unspecified atom stereocenters. The molecule has 0 spiro atoms. The molecule has 5 saturated carbocycles. The summed E-state index contributed by atoms with van der Waals surface area (Å²) in [4.78, 5) is 0. The van der Waals surface area contributed by atoms with Crippen molar-refractivity contribution in [2.75, 3.05) is 13.1 Å². The molecule has 3 nitrogen and oxygen atoms in total. The summed E-state index contributed by atoms with van der Waals surface area (Å²) in [6.07, 6.45) is 12.5. The zero-order chi connectivity index (χ0) is 26.3. The number of fused-ring (bicyclic) bond motifs is 7. The number of aliphatic hydroxyl groups excluding tert-OH is 2. The number of aliphatic hydroxyl groups is 2. The van der Waals surface area contributed by atoms with Gasteiger partial charge in [-0.1, -0.05) is 53.3 Å². The minimum Gasteiger partial charge on any atom is -0.512 e. The van der Waals surface area contributed by atoms with E-state index in [1.54, 1.807) is 0 Å². The lowest BCUT2D eigenvalue weighted by molar-refractivity contribution is -0.247. The van der Waals surface area contributed by atoms with E-state index in [9.17, 15) is 10.2 Å². The molecule has 0 aromatic heterocycles. The Morgan fingerprint density at radius 1 is 0.833 bits per heavy atom. The smallest absolute Gasteiger partial charge is 0.0988 e. The van der Waals surface area contributed by atoms with Crippen molar-refractivity contribution in [2.45, 2.75) is 112 Å². The van der Waals surface area contributed by atoms with Crippen molar-refractivity contribution in [2.24, 2.45) is 56.7 Å². The van der Waals surface area contributed by atoms with Gasteiger partial charge in [-0.2, -0.15) is 0 Å². The third kappa shape index (κ3) is 3.50. The molecule has 10 atom stereocenters. The molecule has 5 fully saturated rings. The summed E-state index contributed by atoms with van der Waals surface area (Å²) in [5, 5.41) is 24.3. The molecule has 0 radical (unpaired) electrons. The molecule has 204 valence electrons. The van der Waals surface area contributed by atoms with Crippen LogP contribution in [0.3, 0.4) is 0 Å². The molecule has 5 aliphatic carbocycles. The first kappa shape index (κ1) is 26.8. The minimum absolute atomic E-state index is 0.0205. The van der Waals surface area contributed by atoms with Crippen LogP contribution < -0.4 is 5.32 Å². The van der Waals surface area contributed by atoms with E-state index in [2.05, 4.69) is 60.0 Å². The Hall–Kier alpha value is -0.800. The Labute approximate surface area is 221 Å². The van der Waals surface area contributed by atoms with Crippen molar-refractivity contribution in [1.82, 2.24) is 5.32 Å². The molecule has 36 heavy (non-hydrogen) atoms. The van der Waals surface area contributed by atoms with Crippen LogP contribution in [0.1, 0.15) is 106 Å². The van der Waals surface area contributed by atoms with Crippen LogP contribution in [0, 0.1) is 56.7 Å². The summed E-state index contributed by atoms with van der Waals surface area (Å²) in [7, 11) is 0. The summed E-state index contributed by atoms with van der Waals surface area (Å²) in [6, 6.07) is 0. The summed E-state index contributed by atoms with van der Waals surface area (Å²) in [5.41, 5.74) is 2.79. The van der Waals surface area contributed by atoms with E-state index in [1.165, 1.54) is 63.4 Å². The van der Waals surface area contributed by atoms with Crippen molar-refractivity contribution < 1.29 is 10.2 Å². The maximum absolute atomic E-state index is 11.0.